The SMILES string of the molecule is OCCOc1ccc(C2(c3ccc(OCCO)c(CCO)c3)CCCCC2)cc1. The minimum atomic E-state index is -0.0620. The topological polar surface area (TPSA) is 79.2 Å². The molecule has 0 atom stereocenters. The number of rotatable bonds is 10. The molecule has 29 heavy (non-hydrogen) atoms. The van der Waals surface area contributed by atoms with Crippen LogP contribution in [-0.2, 0) is 11.8 Å². The number of aliphatic hydroxyl groups is 3. The first-order valence-electron chi connectivity index (χ1n) is 10.6. The number of hydrogen-bond donors (Lipinski definition) is 3. The Morgan fingerprint density at radius 3 is 2.03 bits per heavy atom. The smallest absolute Gasteiger partial charge is 0.122 e. The molecule has 5 heteroatoms. The van der Waals surface area contributed by atoms with Crippen LogP contribution in [0.15, 0.2) is 42.5 Å². The van der Waals surface area contributed by atoms with Crippen molar-refractivity contribution in [1.29, 1.82) is 0 Å². The van der Waals surface area contributed by atoms with E-state index in [1.807, 2.05) is 18.2 Å². The summed E-state index contributed by atoms with van der Waals surface area (Å²) in [5, 5.41) is 27.5. The molecule has 0 unspecified atom stereocenters. The van der Waals surface area contributed by atoms with E-state index in [-0.39, 0.29) is 31.8 Å². The van der Waals surface area contributed by atoms with Crippen molar-refractivity contribution in [2.24, 2.45) is 0 Å². The van der Waals surface area contributed by atoms with Gasteiger partial charge >= 0.3 is 0 Å². The highest BCUT2D eigenvalue weighted by molar-refractivity contribution is 5.47. The molecule has 1 aliphatic rings. The molecule has 1 fully saturated rings. The summed E-state index contributed by atoms with van der Waals surface area (Å²) in [5.74, 6) is 1.50. The maximum absolute atomic E-state index is 9.52. The monoisotopic (exact) mass is 400 g/mol. The quantitative estimate of drug-likeness (QED) is 0.571. The van der Waals surface area contributed by atoms with Gasteiger partial charge in [-0.2, -0.15) is 0 Å². The minimum Gasteiger partial charge on any atom is -0.491 e. The Kier molecular flexibility index (Phi) is 7.92. The lowest BCUT2D eigenvalue weighted by Gasteiger charge is -2.39. The van der Waals surface area contributed by atoms with Crippen LogP contribution in [0, 0.1) is 0 Å². The Morgan fingerprint density at radius 2 is 1.38 bits per heavy atom. The molecule has 0 heterocycles. The highest BCUT2D eigenvalue weighted by atomic mass is 16.5. The summed E-state index contributed by atoms with van der Waals surface area (Å²) in [4.78, 5) is 0. The first-order valence-corrected chi connectivity index (χ1v) is 10.6. The van der Waals surface area contributed by atoms with E-state index in [2.05, 4.69) is 24.3 Å². The predicted molar refractivity (Wildman–Crippen MR) is 113 cm³/mol. The lowest BCUT2D eigenvalue weighted by atomic mass is 9.65. The van der Waals surface area contributed by atoms with Crippen molar-refractivity contribution in [2.75, 3.05) is 33.0 Å². The van der Waals surface area contributed by atoms with Gasteiger partial charge in [0.1, 0.15) is 24.7 Å². The van der Waals surface area contributed by atoms with Crippen LogP contribution in [0.2, 0.25) is 0 Å². The van der Waals surface area contributed by atoms with Crippen LogP contribution in [-0.4, -0.2) is 48.4 Å². The fraction of sp³-hybridized carbons (Fsp3) is 0.500. The third-order valence-corrected chi connectivity index (χ3v) is 5.82. The van der Waals surface area contributed by atoms with E-state index in [0.717, 1.165) is 29.9 Å². The van der Waals surface area contributed by atoms with Gasteiger partial charge in [0.05, 0.1) is 13.2 Å². The summed E-state index contributed by atoms with van der Waals surface area (Å²) in [6.07, 6.45) is 6.31. The van der Waals surface area contributed by atoms with E-state index in [1.54, 1.807) is 0 Å². The highest BCUT2D eigenvalue weighted by Gasteiger charge is 2.36. The van der Waals surface area contributed by atoms with Gasteiger partial charge in [-0.3, -0.25) is 0 Å². The molecule has 0 radical (unpaired) electrons. The van der Waals surface area contributed by atoms with E-state index in [1.165, 1.54) is 30.4 Å². The van der Waals surface area contributed by atoms with Crippen molar-refractivity contribution in [1.82, 2.24) is 0 Å². The molecule has 0 amide bonds. The Bertz CT molecular complexity index is 750. The second-order valence-corrected chi connectivity index (χ2v) is 7.61. The molecule has 0 saturated heterocycles. The number of aliphatic hydroxyl groups excluding tert-OH is 3. The van der Waals surface area contributed by atoms with Crippen LogP contribution in [0.1, 0.15) is 48.8 Å². The van der Waals surface area contributed by atoms with Gasteiger partial charge in [0.2, 0.25) is 0 Å². The molecule has 3 N–H and O–H groups in total. The van der Waals surface area contributed by atoms with Crippen LogP contribution in [0.5, 0.6) is 11.5 Å². The molecule has 2 aromatic carbocycles. The van der Waals surface area contributed by atoms with Gasteiger partial charge in [-0.1, -0.05) is 43.5 Å². The van der Waals surface area contributed by atoms with Crippen molar-refractivity contribution in [3.05, 3.63) is 59.2 Å². The maximum atomic E-state index is 9.52. The molecular weight excluding hydrogens is 368 g/mol. The Morgan fingerprint density at radius 1 is 0.724 bits per heavy atom. The first-order chi connectivity index (χ1) is 14.2. The largest absolute Gasteiger partial charge is 0.491 e. The zero-order valence-electron chi connectivity index (χ0n) is 17.0. The van der Waals surface area contributed by atoms with Crippen LogP contribution in [0.3, 0.4) is 0 Å². The van der Waals surface area contributed by atoms with Gasteiger partial charge < -0.3 is 24.8 Å². The van der Waals surface area contributed by atoms with Crippen molar-refractivity contribution in [2.45, 2.75) is 43.9 Å². The molecule has 1 saturated carbocycles. The minimum absolute atomic E-state index is 0.00399. The van der Waals surface area contributed by atoms with Crippen LogP contribution >= 0.6 is 0 Å². The maximum Gasteiger partial charge on any atom is 0.122 e. The third-order valence-electron chi connectivity index (χ3n) is 5.82. The van der Waals surface area contributed by atoms with Gasteiger partial charge in [0, 0.05) is 12.0 Å². The van der Waals surface area contributed by atoms with Gasteiger partial charge in [0.15, 0.2) is 0 Å². The first kappa shape index (κ1) is 21.6. The average molecular weight is 401 g/mol. The molecule has 0 bridgehead atoms. The van der Waals surface area contributed by atoms with E-state index in [9.17, 15) is 5.11 Å². The van der Waals surface area contributed by atoms with Crippen LogP contribution < -0.4 is 9.47 Å². The molecular formula is C24H32O5. The fourth-order valence-electron chi connectivity index (χ4n) is 4.42. The van der Waals surface area contributed by atoms with Gasteiger partial charge in [-0.15, -0.1) is 0 Å². The van der Waals surface area contributed by atoms with E-state index < -0.39 is 0 Å². The summed E-state index contributed by atoms with van der Waals surface area (Å²) in [6, 6.07) is 14.5. The fourth-order valence-corrected chi connectivity index (χ4v) is 4.42. The number of benzene rings is 2. The van der Waals surface area contributed by atoms with Crippen LogP contribution in [0.4, 0.5) is 0 Å². The van der Waals surface area contributed by atoms with Gasteiger partial charge in [0.25, 0.3) is 0 Å². The molecule has 2 aromatic rings. The molecule has 158 valence electrons. The van der Waals surface area contributed by atoms with Crippen LogP contribution in [0.25, 0.3) is 0 Å². The van der Waals surface area contributed by atoms with Crippen molar-refractivity contribution < 1.29 is 24.8 Å². The third kappa shape index (κ3) is 5.10. The van der Waals surface area contributed by atoms with Crippen molar-refractivity contribution in [3.63, 3.8) is 0 Å². The highest BCUT2D eigenvalue weighted by Crippen LogP contribution is 2.46. The summed E-state index contributed by atoms with van der Waals surface area (Å²) in [5.41, 5.74) is 3.44. The summed E-state index contributed by atoms with van der Waals surface area (Å²) < 4.78 is 11.2. The number of hydrogen-bond acceptors (Lipinski definition) is 5. The zero-order chi connectivity index (χ0) is 20.5. The Hall–Kier alpha value is -2.08. The molecule has 1 aliphatic carbocycles. The van der Waals surface area contributed by atoms with Crippen molar-refractivity contribution in [3.8, 4) is 11.5 Å². The van der Waals surface area contributed by atoms with E-state index in [0.29, 0.717) is 13.0 Å². The Labute approximate surface area is 172 Å². The second kappa shape index (κ2) is 10.6. The zero-order valence-corrected chi connectivity index (χ0v) is 17.0. The van der Waals surface area contributed by atoms with Gasteiger partial charge in [-0.25, -0.2) is 0 Å². The Balaban J connectivity index is 1.96. The normalized spacial score (nSPS) is 15.8. The van der Waals surface area contributed by atoms with Gasteiger partial charge in [-0.05, 0) is 54.2 Å². The summed E-state index contributed by atoms with van der Waals surface area (Å²) in [7, 11) is 0. The van der Waals surface area contributed by atoms with E-state index >= 15 is 0 Å². The molecule has 5 nitrogen and oxygen atoms in total. The lowest BCUT2D eigenvalue weighted by molar-refractivity contribution is 0.199. The predicted octanol–water partition coefficient (Wildman–Crippen LogP) is 3.21. The van der Waals surface area contributed by atoms with E-state index in [4.69, 9.17) is 19.7 Å². The molecule has 0 aromatic heterocycles. The molecule has 0 spiro atoms. The van der Waals surface area contributed by atoms with Crippen molar-refractivity contribution >= 4 is 0 Å². The lowest BCUT2D eigenvalue weighted by Crippen LogP contribution is -2.30. The molecule has 0 aliphatic heterocycles. The summed E-state index contributed by atoms with van der Waals surface area (Å²) in [6.45, 7) is 0.574. The molecule has 3 rings (SSSR count). The standard InChI is InChI=1S/C24H32O5/c25-13-10-19-18-21(6-9-23(19)29-17-15-27)24(11-2-1-3-12-24)20-4-7-22(8-5-20)28-16-14-26/h4-9,18,25-27H,1-3,10-17H2. The second-order valence-electron chi connectivity index (χ2n) is 7.61. The average Bonchev–Trinajstić information content (AvgIpc) is 2.78. The summed E-state index contributed by atoms with van der Waals surface area (Å²) >= 11 is 0. The number of ether oxygens (including phenoxy) is 2.